The number of nitrogens with zero attached hydrogens (tertiary/aromatic N) is 1. The number of carbonyl (C=O) groups is 1. The van der Waals surface area contributed by atoms with Crippen LogP contribution in [0.3, 0.4) is 0 Å². The molecule has 19 heavy (non-hydrogen) atoms. The lowest BCUT2D eigenvalue weighted by Crippen LogP contribution is -2.30. The second-order valence-electron chi connectivity index (χ2n) is 4.59. The van der Waals surface area contributed by atoms with Gasteiger partial charge in [-0.1, -0.05) is 6.92 Å². The third-order valence-corrected chi connectivity index (χ3v) is 2.51. The average molecular weight is 267 g/mol. The monoisotopic (exact) mass is 267 g/mol. The summed E-state index contributed by atoms with van der Waals surface area (Å²) in [4.78, 5) is 23.9. The molecular formula is C14H21NO4. The summed E-state index contributed by atoms with van der Waals surface area (Å²) in [5.41, 5.74) is -0.316. The van der Waals surface area contributed by atoms with Gasteiger partial charge in [0, 0.05) is 6.20 Å². The van der Waals surface area contributed by atoms with Crippen LogP contribution in [0.15, 0.2) is 23.1 Å². The van der Waals surface area contributed by atoms with Gasteiger partial charge in [-0.3, -0.25) is 9.36 Å². The Labute approximate surface area is 113 Å². The Bertz CT molecular complexity index is 479. The molecule has 0 bridgehead atoms. The molecule has 1 aromatic rings. The van der Waals surface area contributed by atoms with E-state index in [2.05, 4.69) is 0 Å². The maximum atomic E-state index is 12.1. The Kier molecular flexibility index (Phi) is 5.60. The Morgan fingerprint density at radius 3 is 2.63 bits per heavy atom. The van der Waals surface area contributed by atoms with Crippen LogP contribution < -0.4 is 10.3 Å². The predicted octanol–water partition coefficient (Wildman–Crippen LogP) is 2.15. The molecule has 0 saturated carbocycles. The molecule has 0 fully saturated rings. The van der Waals surface area contributed by atoms with E-state index in [-0.39, 0.29) is 17.4 Å². The number of ether oxygens (including phenoxy) is 2. The van der Waals surface area contributed by atoms with E-state index >= 15 is 0 Å². The van der Waals surface area contributed by atoms with Crippen molar-refractivity contribution in [1.82, 2.24) is 4.57 Å². The lowest BCUT2D eigenvalue weighted by atomic mass is 10.3. The van der Waals surface area contributed by atoms with Crippen LogP contribution in [0.1, 0.15) is 40.2 Å². The summed E-state index contributed by atoms with van der Waals surface area (Å²) in [5.74, 6) is -0.168. The van der Waals surface area contributed by atoms with E-state index in [4.69, 9.17) is 9.47 Å². The molecule has 0 aliphatic carbocycles. The van der Waals surface area contributed by atoms with Gasteiger partial charge in [-0.2, -0.15) is 0 Å². The molecule has 106 valence electrons. The van der Waals surface area contributed by atoms with Gasteiger partial charge in [0.2, 0.25) is 0 Å². The summed E-state index contributed by atoms with van der Waals surface area (Å²) in [7, 11) is 0. The fraction of sp³-hybridized carbons (Fsp3) is 0.571. The molecule has 5 heteroatoms. The zero-order chi connectivity index (χ0) is 14.4. The Morgan fingerprint density at radius 1 is 1.37 bits per heavy atom. The van der Waals surface area contributed by atoms with Crippen molar-refractivity contribution in [2.24, 2.45) is 0 Å². The van der Waals surface area contributed by atoms with Crippen LogP contribution >= 0.6 is 0 Å². The fourth-order valence-corrected chi connectivity index (χ4v) is 1.56. The highest BCUT2D eigenvalue weighted by atomic mass is 16.5. The van der Waals surface area contributed by atoms with Crippen molar-refractivity contribution in [3.8, 4) is 5.75 Å². The number of pyridine rings is 1. The molecule has 5 nitrogen and oxygen atoms in total. The normalized spacial score (nSPS) is 12.3. The summed E-state index contributed by atoms with van der Waals surface area (Å²) in [6, 6.07) is 2.63. The van der Waals surface area contributed by atoms with E-state index in [1.807, 2.05) is 6.92 Å². The van der Waals surface area contributed by atoms with Crippen molar-refractivity contribution < 1.29 is 14.3 Å². The fourth-order valence-electron chi connectivity index (χ4n) is 1.56. The smallest absolute Gasteiger partial charge is 0.329 e. The van der Waals surface area contributed by atoms with Crippen LogP contribution in [-0.4, -0.2) is 23.2 Å². The van der Waals surface area contributed by atoms with Crippen LogP contribution in [-0.2, 0) is 9.53 Å². The lowest BCUT2D eigenvalue weighted by Gasteiger charge is -2.17. The molecule has 0 saturated heterocycles. The number of hydrogen-bond donors (Lipinski definition) is 0. The largest absolute Gasteiger partial charge is 0.488 e. The first-order valence-electron chi connectivity index (χ1n) is 6.51. The van der Waals surface area contributed by atoms with Gasteiger partial charge in [0.25, 0.3) is 5.56 Å². The molecule has 0 N–H and O–H groups in total. The average Bonchev–Trinajstić information content (AvgIpc) is 2.36. The predicted molar refractivity (Wildman–Crippen MR) is 72.4 cm³/mol. The minimum Gasteiger partial charge on any atom is -0.488 e. The van der Waals surface area contributed by atoms with E-state index in [9.17, 15) is 9.59 Å². The Hall–Kier alpha value is -1.78. The van der Waals surface area contributed by atoms with Crippen LogP contribution in [0.5, 0.6) is 5.75 Å². The van der Waals surface area contributed by atoms with Gasteiger partial charge in [-0.15, -0.1) is 0 Å². The van der Waals surface area contributed by atoms with E-state index in [1.54, 1.807) is 39.1 Å². The highest BCUT2D eigenvalue weighted by molar-refractivity contribution is 5.73. The van der Waals surface area contributed by atoms with Crippen LogP contribution in [0.2, 0.25) is 0 Å². The van der Waals surface area contributed by atoms with Gasteiger partial charge < -0.3 is 9.47 Å². The number of rotatable bonds is 6. The van der Waals surface area contributed by atoms with Gasteiger partial charge >= 0.3 is 5.97 Å². The number of esters is 1. The van der Waals surface area contributed by atoms with Crippen LogP contribution in [0.4, 0.5) is 0 Å². The van der Waals surface area contributed by atoms with Gasteiger partial charge in [0.15, 0.2) is 5.75 Å². The van der Waals surface area contributed by atoms with E-state index in [0.717, 1.165) is 6.42 Å². The molecule has 1 atom stereocenters. The summed E-state index contributed by atoms with van der Waals surface area (Å²) < 4.78 is 11.8. The molecule has 0 aromatic carbocycles. The minimum atomic E-state index is -0.667. The highest BCUT2D eigenvalue weighted by Gasteiger charge is 2.19. The lowest BCUT2D eigenvalue weighted by molar-refractivity contribution is -0.151. The molecule has 0 aliphatic heterocycles. The zero-order valence-corrected chi connectivity index (χ0v) is 11.9. The van der Waals surface area contributed by atoms with Crippen LogP contribution in [0.25, 0.3) is 0 Å². The topological polar surface area (TPSA) is 57.5 Å². The van der Waals surface area contributed by atoms with E-state index in [1.165, 1.54) is 4.57 Å². The van der Waals surface area contributed by atoms with E-state index in [0.29, 0.717) is 6.61 Å². The molecule has 1 rings (SSSR count). The Morgan fingerprint density at radius 2 is 2.05 bits per heavy atom. The molecule has 0 amide bonds. The first-order valence-corrected chi connectivity index (χ1v) is 6.51. The van der Waals surface area contributed by atoms with Crippen molar-refractivity contribution in [2.45, 2.75) is 46.3 Å². The third kappa shape index (κ3) is 4.12. The SMILES string of the molecule is CCCOc1cccn(C(C)C(=O)OC(C)C)c1=O. The molecule has 0 radical (unpaired) electrons. The highest BCUT2D eigenvalue weighted by Crippen LogP contribution is 2.10. The summed E-state index contributed by atoms with van der Waals surface area (Å²) in [6.45, 7) is 7.62. The summed E-state index contributed by atoms with van der Waals surface area (Å²) in [6.07, 6.45) is 2.18. The first-order chi connectivity index (χ1) is 8.97. The summed E-state index contributed by atoms with van der Waals surface area (Å²) in [5, 5.41) is 0. The van der Waals surface area contributed by atoms with Gasteiger partial charge in [-0.25, -0.2) is 4.79 Å². The quantitative estimate of drug-likeness (QED) is 0.741. The molecule has 1 unspecified atom stereocenters. The van der Waals surface area contributed by atoms with E-state index < -0.39 is 12.0 Å². The van der Waals surface area contributed by atoms with Crippen molar-refractivity contribution >= 4 is 5.97 Å². The van der Waals surface area contributed by atoms with Crippen molar-refractivity contribution in [1.29, 1.82) is 0 Å². The van der Waals surface area contributed by atoms with Gasteiger partial charge in [-0.05, 0) is 39.3 Å². The molecule has 0 spiro atoms. The van der Waals surface area contributed by atoms with Crippen molar-refractivity contribution in [3.63, 3.8) is 0 Å². The molecule has 1 aromatic heterocycles. The maximum Gasteiger partial charge on any atom is 0.329 e. The third-order valence-electron chi connectivity index (χ3n) is 2.51. The van der Waals surface area contributed by atoms with Gasteiger partial charge in [0.1, 0.15) is 6.04 Å². The molecule has 1 heterocycles. The zero-order valence-electron chi connectivity index (χ0n) is 11.9. The second-order valence-corrected chi connectivity index (χ2v) is 4.59. The van der Waals surface area contributed by atoms with Crippen molar-refractivity contribution in [2.75, 3.05) is 6.61 Å². The molecular weight excluding hydrogens is 246 g/mol. The van der Waals surface area contributed by atoms with Crippen molar-refractivity contribution in [3.05, 3.63) is 28.7 Å². The maximum absolute atomic E-state index is 12.1. The standard InChI is InChI=1S/C14H21NO4/c1-5-9-18-12-7-6-8-15(13(12)16)11(4)14(17)19-10(2)3/h6-8,10-11H,5,9H2,1-4H3. The number of carbonyl (C=O) groups excluding carboxylic acids is 1. The second kappa shape index (κ2) is 6.97. The summed E-state index contributed by atoms with van der Waals surface area (Å²) >= 11 is 0. The Balaban J connectivity index is 2.94. The molecule has 0 aliphatic rings. The first kappa shape index (κ1) is 15.3. The van der Waals surface area contributed by atoms with Gasteiger partial charge in [0.05, 0.1) is 12.7 Å². The minimum absolute atomic E-state index is 0.204. The van der Waals surface area contributed by atoms with Crippen LogP contribution in [0, 0.1) is 0 Å². The number of aromatic nitrogens is 1. The number of hydrogen-bond acceptors (Lipinski definition) is 4.